The van der Waals surface area contributed by atoms with Crippen LogP contribution in [0.25, 0.3) is 0 Å². The van der Waals surface area contributed by atoms with Gasteiger partial charge in [-0.1, -0.05) is 321 Å². The van der Waals surface area contributed by atoms with Gasteiger partial charge in [-0.25, -0.2) is 0 Å². The monoisotopic (exact) mass is 1030 g/mol. The molecule has 0 aliphatic heterocycles. The molecule has 0 saturated carbocycles. The molecule has 1 amide bonds. The predicted molar refractivity (Wildman–Crippen MR) is 320 cm³/mol. The maximum absolute atomic E-state index is 12.4. The Kier molecular flexibility index (Phi) is 61.4. The lowest BCUT2D eigenvalue weighted by atomic mass is 10.0. The van der Waals surface area contributed by atoms with Crippen LogP contribution >= 0.6 is 0 Å². The maximum atomic E-state index is 12.4. The fraction of sp³-hybridized carbons (Fsp3) is 0.910. The second-order valence-electron chi connectivity index (χ2n) is 22.8. The molecule has 0 aliphatic carbocycles. The summed E-state index contributed by atoms with van der Waals surface area (Å²) in [6.45, 7) is 4.89. The topological polar surface area (TPSA) is 95.9 Å². The summed E-state index contributed by atoms with van der Waals surface area (Å²) in [4.78, 5) is 24.5. The van der Waals surface area contributed by atoms with Crippen molar-refractivity contribution in [3.05, 3.63) is 24.3 Å². The second kappa shape index (κ2) is 62.9. The van der Waals surface area contributed by atoms with Crippen molar-refractivity contribution in [1.82, 2.24) is 5.32 Å². The lowest BCUT2D eigenvalue weighted by Crippen LogP contribution is -2.45. The standard InChI is InChI=1S/C67H129NO5/c1-3-5-7-9-11-13-14-15-16-31-35-38-41-45-49-53-57-61-67(72)73-62-58-54-50-46-42-39-36-33-30-28-26-24-22-20-18-17-19-21-23-25-27-29-32-34-37-40-44-48-52-56-60-66(71)68-64(63-69)65(70)59-55-51-47-43-12-10-8-6-4-2/h15-16,55,59,64-65,69-70H,3-14,17-54,56-58,60-63H2,1-2H3,(H,68,71)/b16-15-,59-55+. The fourth-order valence-corrected chi connectivity index (χ4v) is 10.4. The van der Waals surface area contributed by atoms with E-state index in [1.807, 2.05) is 6.08 Å². The molecule has 73 heavy (non-hydrogen) atoms. The first-order chi connectivity index (χ1) is 36.0. The summed E-state index contributed by atoms with van der Waals surface area (Å²) in [6, 6.07) is -0.622. The SMILES string of the molecule is CCCCCCCC/C=C\CCCCCCCCCC(=O)OCCCCCCCCCCCCCCCCCCCCCCCCCCCCCCCCC(=O)NC(CO)C(O)/C=C/CCCCCCCCC. The summed E-state index contributed by atoms with van der Waals surface area (Å²) in [5.74, 6) is -0.0488. The first kappa shape index (κ1) is 71.3. The van der Waals surface area contributed by atoms with Crippen molar-refractivity contribution < 1.29 is 24.5 Å². The highest BCUT2D eigenvalue weighted by Gasteiger charge is 2.18. The number of carbonyl (C=O) groups excluding carboxylic acids is 2. The van der Waals surface area contributed by atoms with E-state index in [-0.39, 0.29) is 18.5 Å². The Balaban J connectivity index is 3.30. The van der Waals surface area contributed by atoms with Gasteiger partial charge in [0.1, 0.15) is 0 Å². The zero-order valence-corrected chi connectivity index (χ0v) is 49.4. The van der Waals surface area contributed by atoms with Gasteiger partial charge in [-0.15, -0.1) is 0 Å². The molecule has 2 unspecified atom stereocenters. The number of nitrogens with one attached hydrogen (secondary N) is 1. The van der Waals surface area contributed by atoms with E-state index in [9.17, 15) is 19.8 Å². The van der Waals surface area contributed by atoms with E-state index in [0.29, 0.717) is 19.4 Å². The third-order valence-electron chi connectivity index (χ3n) is 15.5. The number of allylic oxidation sites excluding steroid dienone is 3. The molecule has 0 fully saturated rings. The van der Waals surface area contributed by atoms with Crippen LogP contribution < -0.4 is 5.32 Å². The zero-order valence-electron chi connectivity index (χ0n) is 49.4. The van der Waals surface area contributed by atoms with Crippen molar-refractivity contribution >= 4 is 11.9 Å². The van der Waals surface area contributed by atoms with Crippen LogP contribution in [0.4, 0.5) is 0 Å². The van der Waals surface area contributed by atoms with E-state index in [4.69, 9.17) is 4.74 Å². The Morgan fingerprint density at radius 2 is 0.644 bits per heavy atom. The van der Waals surface area contributed by atoms with Crippen LogP contribution in [-0.2, 0) is 14.3 Å². The van der Waals surface area contributed by atoms with Crippen LogP contribution in [0, 0.1) is 0 Å². The summed E-state index contributed by atoms with van der Waals surface area (Å²) >= 11 is 0. The first-order valence-corrected chi connectivity index (χ1v) is 33.1. The van der Waals surface area contributed by atoms with Gasteiger partial charge >= 0.3 is 5.97 Å². The fourth-order valence-electron chi connectivity index (χ4n) is 10.4. The Morgan fingerprint density at radius 1 is 0.370 bits per heavy atom. The average molecular weight is 1030 g/mol. The summed E-state index contributed by atoms with van der Waals surface area (Å²) in [7, 11) is 0. The number of hydrogen-bond donors (Lipinski definition) is 3. The minimum atomic E-state index is -0.839. The van der Waals surface area contributed by atoms with Crippen LogP contribution in [0.15, 0.2) is 24.3 Å². The van der Waals surface area contributed by atoms with E-state index in [1.165, 1.54) is 295 Å². The molecule has 0 spiro atoms. The number of hydrogen-bond acceptors (Lipinski definition) is 5. The van der Waals surface area contributed by atoms with Crippen LogP contribution in [0.1, 0.15) is 367 Å². The van der Waals surface area contributed by atoms with Gasteiger partial charge in [-0.2, -0.15) is 0 Å². The van der Waals surface area contributed by atoms with Crippen molar-refractivity contribution in [2.75, 3.05) is 13.2 Å². The number of carbonyl (C=O) groups is 2. The third kappa shape index (κ3) is 59.4. The van der Waals surface area contributed by atoms with Gasteiger partial charge in [0.2, 0.25) is 5.91 Å². The van der Waals surface area contributed by atoms with Crippen molar-refractivity contribution in [1.29, 1.82) is 0 Å². The highest BCUT2D eigenvalue weighted by molar-refractivity contribution is 5.76. The van der Waals surface area contributed by atoms with Gasteiger partial charge in [-0.3, -0.25) is 9.59 Å². The van der Waals surface area contributed by atoms with Crippen molar-refractivity contribution in [2.45, 2.75) is 379 Å². The first-order valence-electron chi connectivity index (χ1n) is 33.1. The smallest absolute Gasteiger partial charge is 0.305 e. The number of amides is 1. The molecule has 0 rings (SSSR count). The van der Waals surface area contributed by atoms with E-state index in [2.05, 4.69) is 31.3 Å². The maximum Gasteiger partial charge on any atom is 0.305 e. The van der Waals surface area contributed by atoms with Gasteiger partial charge in [-0.05, 0) is 57.8 Å². The Hall–Kier alpha value is -1.66. The summed E-state index contributed by atoms with van der Waals surface area (Å²) in [6.07, 6.45) is 78.3. The number of unbranched alkanes of at least 4 members (excludes halogenated alkanes) is 49. The van der Waals surface area contributed by atoms with Crippen LogP contribution in [-0.4, -0.2) is 47.4 Å². The molecule has 6 heteroatoms. The molecular weight excluding hydrogens is 899 g/mol. The van der Waals surface area contributed by atoms with Crippen molar-refractivity contribution in [3.63, 3.8) is 0 Å². The largest absolute Gasteiger partial charge is 0.466 e. The van der Waals surface area contributed by atoms with Crippen molar-refractivity contribution in [3.8, 4) is 0 Å². The second-order valence-corrected chi connectivity index (χ2v) is 22.8. The van der Waals surface area contributed by atoms with Gasteiger partial charge in [0.25, 0.3) is 0 Å². The highest BCUT2D eigenvalue weighted by Crippen LogP contribution is 2.18. The average Bonchev–Trinajstić information content (AvgIpc) is 3.39. The molecule has 0 saturated heterocycles. The normalized spacial score (nSPS) is 12.7. The highest BCUT2D eigenvalue weighted by atomic mass is 16.5. The van der Waals surface area contributed by atoms with E-state index in [0.717, 1.165) is 44.9 Å². The van der Waals surface area contributed by atoms with E-state index < -0.39 is 12.1 Å². The minimum absolute atomic E-state index is 0.0167. The van der Waals surface area contributed by atoms with Gasteiger partial charge in [0.05, 0.1) is 25.4 Å². The Bertz CT molecular complexity index is 1140. The Morgan fingerprint density at radius 3 is 0.973 bits per heavy atom. The molecule has 0 aromatic rings. The number of esters is 1. The summed E-state index contributed by atoms with van der Waals surface area (Å²) in [5, 5.41) is 23.0. The lowest BCUT2D eigenvalue weighted by molar-refractivity contribution is -0.143. The molecule has 0 aliphatic rings. The molecule has 3 N–H and O–H groups in total. The molecule has 0 aromatic heterocycles. The third-order valence-corrected chi connectivity index (χ3v) is 15.5. The van der Waals surface area contributed by atoms with Gasteiger partial charge < -0.3 is 20.3 Å². The molecule has 2 atom stereocenters. The van der Waals surface area contributed by atoms with Gasteiger partial charge in [0, 0.05) is 12.8 Å². The number of aliphatic hydroxyl groups is 2. The predicted octanol–water partition coefficient (Wildman–Crippen LogP) is 21.0. The molecule has 0 radical (unpaired) electrons. The summed E-state index contributed by atoms with van der Waals surface area (Å²) < 4.78 is 5.50. The number of ether oxygens (including phenoxy) is 1. The summed E-state index contributed by atoms with van der Waals surface area (Å²) in [5.41, 5.74) is 0. The minimum Gasteiger partial charge on any atom is -0.466 e. The number of aliphatic hydroxyl groups excluding tert-OH is 2. The molecule has 0 heterocycles. The van der Waals surface area contributed by atoms with Crippen LogP contribution in [0.5, 0.6) is 0 Å². The molecule has 432 valence electrons. The van der Waals surface area contributed by atoms with Gasteiger partial charge in [0.15, 0.2) is 0 Å². The van der Waals surface area contributed by atoms with Crippen molar-refractivity contribution in [2.24, 2.45) is 0 Å². The zero-order chi connectivity index (χ0) is 52.9. The molecular formula is C67H129NO5. The van der Waals surface area contributed by atoms with E-state index in [1.54, 1.807) is 6.08 Å². The molecule has 6 nitrogen and oxygen atoms in total. The van der Waals surface area contributed by atoms with E-state index >= 15 is 0 Å². The quantitative estimate of drug-likeness (QED) is 0.0320. The Labute approximate surface area is 456 Å². The molecule has 0 bridgehead atoms. The lowest BCUT2D eigenvalue weighted by Gasteiger charge is -2.20. The number of rotatable bonds is 62. The molecule has 0 aromatic carbocycles. The van der Waals surface area contributed by atoms with Crippen LogP contribution in [0.3, 0.4) is 0 Å². The van der Waals surface area contributed by atoms with Crippen LogP contribution in [0.2, 0.25) is 0 Å².